The van der Waals surface area contributed by atoms with Gasteiger partial charge in [-0.05, 0) is 61.3 Å². The first-order valence-corrected chi connectivity index (χ1v) is 11.1. The van der Waals surface area contributed by atoms with Gasteiger partial charge in [-0.1, -0.05) is 84.6 Å². The molecule has 0 amide bonds. The third-order valence-corrected chi connectivity index (χ3v) is 5.36. The maximum atomic E-state index is 10.5. The Morgan fingerprint density at radius 1 is 0.560 bits per heavy atom. The maximum absolute atomic E-state index is 10.5. The van der Waals surface area contributed by atoms with Gasteiger partial charge in [-0.25, -0.2) is 0 Å². The van der Waals surface area contributed by atoms with Gasteiger partial charge in [0.15, 0.2) is 0 Å². The summed E-state index contributed by atoms with van der Waals surface area (Å²) in [5.41, 5.74) is 4.25. The first-order valence-electron chi connectivity index (χ1n) is 11.1. The zero-order valence-corrected chi connectivity index (χ0v) is 17.2. The van der Waals surface area contributed by atoms with Gasteiger partial charge in [0.05, 0.1) is 0 Å². The molecule has 0 heterocycles. The minimum atomic E-state index is 0.541. The third-order valence-electron chi connectivity index (χ3n) is 5.36. The van der Waals surface area contributed by atoms with Crippen LogP contribution in [-0.4, -0.2) is 5.11 Å². The van der Waals surface area contributed by atoms with Crippen molar-refractivity contribution in [3.8, 4) is 5.75 Å². The summed E-state index contributed by atoms with van der Waals surface area (Å²) in [7, 11) is 0. The molecule has 144 valence electrons. The second-order valence-electron chi connectivity index (χ2n) is 7.63. The maximum Gasteiger partial charge on any atom is 0.119 e. The minimum Gasteiger partial charge on any atom is -0.508 e. The Kier molecular flexibility index (Phi) is 12.5. The molecule has 0 spiro atoms. The SMILES string of the molecule is CCCCCCCCc1c(O)ccc(CCCCC)c1CCCCC. The van der Waals surface area contributed by atoms with Crippen molar-refractivity contribution in [2.75, 3.05) is 0 Å². The molecule has 1 aromatic rings. The summed E-state index contributed by atoms with van der Waals surface area (Å²) in [6, 6.07) is 4.15. The van der Waals surface area contributed by atoms with Gasteiger partial charge in [0.25, 0.3) is 0 Å². The summed E-state index contributed by atoms with van der Waals surface area (Å²) in [6.45, 7) is 6.80. The van der Waals surface area contributed by atoms with E-state index in [2.05, 4.69) is 26.8 Å². The van der Waals surface area contributed by atoms with Crippen molar-refractivity contribution in [3.63, 3.8) is 0 Å². The fraction of sp³-hybridized carbons (Fsp3) is 0.750. The Balaban J connectivity index is 2.74. The molecule has 0 atom stereocenters. The fourth-order valence-electron chi connectivity index (χ4n) is 3.75. The number of rotatable bonds is 15. The average Bonchev–Trinajstić information content (AvgIpc) is 2.61. The van der Waals surface area contributed by atoms with Gasteiger partial charge in [0.2, 0.25) is 0 Å². The van der Waals surface area contributed by atoms with E-state index in [4.69, 9.17) is 0 Å². The zero-order valence-electron chi connectivity index (χ0n) is 17.2. The first kappa shape index (κ1) is 22.1. The Morgan fingerprint density at radius 2 is 1.04 bits per heavy atom. The molecule has 0 aromatic heterocycles. The highest BCUT2D eigenvalue weighted by atomic mass is 16.3. The average molecular weight is 347 g/mol. The lowest BCUT2D eigenvalue weighted by Gasteiger charge is -2.17. The van der Waals surface area contributed by atoms with Crippen molar-refractivity contribution in [2.24, 2.45) is 0 Å². The van der Waals surface area contributed by atoms with E-state index in [9.17, 15) is 5.11 Å². The Morgan fingerprint density at radius 3 is 1.72 bits per heavy atom. The Hall–Kier alpha value is -0.980. The fourth-order valence-corrected chi connectivity index (χ4v) is 3.75. The number of phenolic OH excluding ortho intramolecular Hbond substituents is 1. The van der Waals surface area contributed by atoms with Crippen LogP contribution in [0.4, 0.5) is 0 Å². The lowest BCUT2D eigenvalue weighted by molar-refractivity contribution is 0.463. The second-order valence-corrected chi connectivity index (χ2v) is 7.63. The number of unbranched alkanes of at least 4 members (excludes halogenated alkanes) is 9. The first-order chi connectivity index (χ1) is 12.2. The summed E-state index contributed by atoms with van der Waals surface area (Å²) in [5, 5.41) is 10.5. The summed E-state index contributed by atoms with van der Waals surface area (Å²) in [4.78, 5) is 0. The van der Waals surface area contributed by atoms with Crippen LogP contribution < -0.4 is 0 Å². The van der Waals surface area contributed by atoms with Crippen molar-refractivity contribution in [1.29, 1.82) is 0 Å². The molecule has 1 rings (SSSR count). The largest absolute Gasteiger partial charge is 0.508 e. The normalized spacial score (nSPS) is 11.2. The molecule has 0 saturated heterocycles. The lowest BCUT2D eigenvalue weighted by Crippen LogP contribution is -2.02. The molecule has 1 aromatic carbocycles. The molecule has 0 aliphatic heterocycles. The van der Waals surface area contributed by atoms with E-state index in [0.717, 1.165) is 12.8 Å². The van der Waals surface area contributed by atoms with Crippen LogP contribution in [0.15, 0.2) is 12.1 Å². The van der Waals surface area contributed by atoms with E-state index in [1.807, 2.05) is 6.07 Å². The van der Waals surface area contributed by atoms with E-state index < -0.39 is 0 Å². The topological polar surface area (TPSA) is 20.2 Å². The summed E-state index contributed by atoms with van der Waals surface area (Å²) in [6.07, 6.45) is 18.9. The van der Waals surface area contributed by atoms with Crippen molar-refractivity contribution in [2.45, 2.75) is 117 Å². The Labute approximate surface area is 157 Å². The van der Waals surface area contributed by atoms with Gasteiger partial charge in [0, 0.05) is 0 Å². The molecule has 0 aliphatic carbocycles. The van der Waals surface area contributed by atoms with Gasteiger partial charge < -0.3 is 5.11 Å². The highest BCUT2D eigenvalue weighted by Gasteiger charge is 2.12. The summed E-state index contributed by atoms with van der Waals surface area (Å²) >= 11 is 0. The molecule has 1 heteroatoms. The van der Waals surface area contributed by atoms with Crippen LogP contribution in [0, 0.1) is 0 Å². The van der Waals surface area contributed by atoms with Gasteiger partial charge in [-0.3, -0.25) is 0 Å². The molecule has 0 fully saturated rings. The minimum absolute atomic E-state index is 0.541. The third kappa shape index (κ3) is 8.79. The predicted octanol–water partition coefficient (Wildman–Crippen LogP) is 7.76. The lowest BCUT2D eigenvalue weighted by atomic mass is 9.89. The summed E-state index contributed by atoms with van der Waals surface area (Å²) in [5.74, 6) is 0.541. The molecule has 0 radical (unpaired) electrons. The number of aromatic hydroxyl groups is 1. The smallest absolute Gasteiger partial charge is 0.119 e. The number of aryl methyl sites for hydroxylation is 1. The monoisotopic (exact) mass is 346 g/mol. The molecule has 0 saturated carbocycles. The molecule has 25 heavy (non-hydrogen) atoms. The molecule has 1 N–H and O–H groups in total. The van der Waals surface area contributed by atoms with E-state index in [1.54, 1.807) is 0 Å². The number of benzene rings is 1. The highest BCUT2D eigenvalue weighted by molar-refractivity contribution is 5.45. The van der Waals surface area contributed by atoms with Crippen LogP contribution in [-0.2, 0) is 19.3 Å². The van der Waals surface area contributed by atoms with E-state index in [1.165, 1.54) is 100 Å². The van der Waals surface area contributed by atoms with Crippen LogP contribution in [0.5, 0.6) is 5.75 Å². The van der Waals surface area contributed by atoms with Crippen molar-refractivity contribution >= 4 is 0 Å². The van der Waals surface area contributed by atoms with Crippen LogP contribution >= 0.6 is 0 Å². The van der Waals surface area contributed by atoms with Crippen LogP contribution in [0.3, 0.4) is 0 Å². The highest BCUT2D eigenvalue weighted by Crippen LogP contribution is 2.29. The zero-order chi connectivity index (χ0) is 18.3. The predicted molar refractivity (Wildman–Crippen MR) is 112 cm³/mol. The van der Waals surface area contributed by atoms with Gasteiger partial charge in [-0.15, -0.1) is 0 Å². The van der Waals surface area contributed by atoms with Gasteiger partial charge in [0.1, 0.15) is 5.75 Å². The number of phenols is 1. The van der Waals surface area contributed by atoms with Crippen molar-refractivity contribution < 1.29 is 5.11 Å². The standard InChI is InChI=1S/C24H42O/c1-4-7-10-11-12-15-18-23-22(17-14-9-6-3)21(16-13-8-5-2)19-20-24(23)25/h19-20,25H,4-18H2,1-3H3. The Bertz CT molecular complexity index is 450. The molecule has 0 unspecified atom stereocenters. The molecule has 0 bridgehead atoms. The second kappa shape index (κ2) is 14.2. The molecule has 1 nitrogen and oxygen atoms in total. The van der Waals surface area contributed by atoms with Crippen LogP contribution in [0.1, 0.15) is 115 Å². The molecule has 0 aliphatic rings. The van der Waals surface area contributed by atoms with Crippen molar-refractivity contribution in [3.05, 3.63) is 28.8 Å². The number of hydrogen-bond acceptors (Lipinski definition) is 1. The van der Waals surface area contributed by atoms with Gasteiger partial charge in [-0.2, -0.15) is 0 Å². The van der Waals surface area contributed by atoms with E-state index in [-0.39, 0.29) is 0 Å². The quantitative estimate of drug-likeness (QED) is 0.322. The van der Waals surface area contributed by atoms with Crippen molar-refractivity contribution in [1.82, 2.24) is 0 Å². The van der Waals surface area contributed by atoms with Crippen LogP contribution in [0.2, 0.25) is 0 Å². The molecular formula is C24H42O. The van der Waals surface area contributed by atoms with E-state index >= 15 is 0 Å². The van der Waals surface area contributed by atoms with E-state index in [0.29, 0.717) is 5.75 Å². The molecular weight excluding hydrogens is 304 g/mol. The summed E-state index contributed by atoms with van der Waals surface area (Å²) < 4.78 is 0. The van der Waals surface area contributed by atoms with Crippen LogP contribution in [0.25, 0.3) is 0 Å². The number of hydrogen-bond donors (Lipinski definition) is 1. The van der Waals surface area contributed by atoms with Gasteiger partial charge >= 0.3 is 0 Å².